The molecule has 27 heavy (non-hydrogen) atoms. The normalized spacial score (nSPS) is 12.4. The Morgan fingerprint density at radius 3 is 2.63 bits per heavy atom. The molecule has 0 aliphatic rings. The summed E-state index contributed by atoms with van der Waals surface area (Å²) in [5, 5.41) is 8.03. The molecule has 0 saturated heterocycles. The summed E-state index contributed by atoms with van der Waals surface area (Å²) in [5.41, 5.74) is 1.99. The van der Waals surface area contributed by atoms with Gasteiger partial charge in [0, 0.05) is 33.7 Å². The third kappa shape index (κ3) is 6.02. The van der Waals surface area contributed by atoms with Crippen molar-refractivity contribution in [2.45, 2.75) is 17.6 Å². The third-order valence-electron chi connectivity index (χ3n) is 4.09. The van der Waals surface area contributed by atoms with E-state index in [1.54, 1.807) is 37.7 Å². The highest BCUT2D eigenvalue weighted by molar-refractivity contribution is 7.91. The summed E-state index contributed by atoms with van der Waals surface area (Å²) in [6.07, 6.45) is 0.736. The van der Waals surface area contributed by atoms with Gasteiger partial charge in [0.15, 0.2) is 5.96 Å². The van der Waals surface area contributed by atoms with Crippen molar-refractivity contribution in [3.05, 3.63) is 52.7 Å². The SMILES string of the molecule is CN=C(NCCc1ccc(F)cc1C)NCCN(C)S(=O)(=O)c1cccs1. The number of hydrogen-bond donors (Lipinski definition) is 2. The molecule has 0 aliphatic carbocycles. The van der Waals surface area contributed by atoms with Crippen LogP contribution >= 0.6 is 11.3 Å². The molecule has 2 aromatic rings. The highest BCUT2D eigenvalue weighted by atomic mass is 32.2. The Morgan fingerprint density at radius 1 is 1.26 bits per heavy atom. The van der Waals surface area contributed by atoms with Crippen molar-refractivity contribution in [3.63, 3.8) is 0 Å². The van der Waals surface area contributed by atoms with Gasteiger partial charge in [-0.15, -0.1) is 11.3 Å². The standard InChI is InChI=1S/C18H25FN4O2S2/c1-14-13-16(19)7-6-15(14)8-9-21-18(20-2)22-10-11-23(3)27(24,25)17-5-4-12-26-17/h4-7,12-13H,8-11H2,1-3H3,(H2,20,21,22). The quantitative estimate of drug-likeness (QED) is 0.515. The first kappa shape index (κ1) is 21.3. The topological polar surface area (TPSA) is 73.8 Å². The van der Waals surface area contributed by atoms with E-state index in [2.05, 4.69) is 15.6 Å². The Balaban J connectivity index is 1.77. The number of nitrogens with zero attached hydrogens (tertiary/aromatic N) is 2. The van der Waals surface area contributed by atoms with Crippen molar-refractivity contribution in [2.75, 3.05) is 33.7 Å². The Morgan fingerprint density at radius 2 is 2.00 bits per heavy atom. The molecule has 0 unspecified atom stereocenters. The summed E-state index contributed by atoms with van der Waals surface area (Å²) in [6.45, 7) is 3.26. The molecule has 6 nitrogen and oxygen atoms in total. The molecule has 0 saturated carbocycles. The Labute approximate surface area is 164 Å². The Kier molecular flexibility index (Phi) is 7.76. The van der Waals surface area contributed by atoms with E-state index in [1.807, 2.05) is 6.92 Å². The average molecular weight is 413 g/mol. The number of aryl methyl sites for hydroxylation is 1. The van der Waals surface area contributed by atoms with E-state index in [0.717, 1.165) is 17.5 Å². The van der Waals surface area contributed by atoms with E-state index in [9.17, 15) is 12.8 Å². The van der Waals surface area contributed by atoms with Crippen LogP contribution in [0.2, 0.25) is 0 Å². The van der Waals surface area contributed by atoms with Gasteiger partial charge in [0.25, 0.3) is 10.0 Å². The molecule has 1 aromatic carbocycles. The summed E-state index contributed by atoms with van der Waals surface area (Å²) >= 11 is 1.20. The number of rotatable bonds is 8. The van der Waals surface area contributed by atoms with Crippen LogP contribution in [-0.2, 0) is 16.4 Å². The fourth-order valence-electron chi connectivity index (χ4n) is 2.49. The maximum Gasteiger partial charge on any atom is 0.252 e. The minimum Gasteiger partial charge on any atom is -0.356 e. The number of hydrogen-bond acceptors (Lipinski definition) is 4. The summed E-state index contributed by atoms with van der Waals surface area (Å²) in [5.74, 6) is 0.361. The van der Waals surface area contributed by atoms with Crippen LogP contribution in [0.3, 0.4) is 0 Å². The average Bonchev–Trinajstić information content (AvgIpc) is 3.17. The highest BCUT2D eigenvalue weighted by Crippen LogP contribution is 2.19. The van der Waals surface area contributed by atoms with Gasteiger partial charge in [-0.05, 0) is 48.1 Å². The van der Waals surface area contributed by atoms with Crippen LogP contribution in [0.25, 0.3) is 0 Å². The second kappa shape index (κ2) is 9.82. The lowest BCUT2D eigenvalue weighted by Crippen LogP contribution is -2.42. The van der Waals surface area contributed by atoms with Crippen LogP contribution in [0, 0.1) is 12.7 Å². The molecular weight excluding hydrogens is 387 g/mol. The van der Waals surface area contributed by atoms with E-state index >= 15 is 0 Å². The van der Waals surface area contributed by atoms with E-state index in [4.69, 9.17) is 0 Å². The molecular formula is C18H25FN4O2S2. The van der Waals surface area contributed by atoms with Crippen molar-refractivity contribution in [1.82, 2.24) is 14.9 Å². The smallest absolute Gasteiger partial charge is 0.252 e. The predicted octanol–water partition coefficient (Wildman–Crippen LogP) is 2.22. The van der Waals surface area contributed by atoms with Crippen LogP contribution in [0.15, 0.2) is 44.9 Å². The molecule has 0 atom stereocenters. The van der Waals surface area contributed by atoms with Gasteiger partial charge in [-0.25, -0.2) is 12.8 Å². The zero-order chi connectivity index (χ0) is 19.9. The fourth-order valence-corrected chi connectivity index (χ4v) is 4.86. The van der Waals surface area contributed by atoms with Crippen molar-refractivity contribution in [3.8, 4) is 0 Å². The number of nitrogens with one attached hydrogen (secondary N) is 2. The van der Waals surface area contributed by atoms with Gasteiger partial charge in [-0.2, -0.15) is 4.31 Å². The third-order valence-corrected chi connectivity index (χ3v) is 7.32. The zero-order valence-electron chi connectivity index (χ0n) is 15.7. The summed E-state index contributed by atoms with van der Waals surface area (Å²) < 4.78 is 39.5. The van der Waals surface area contributed by atoms with Gasteiger partial charge in [0.2, 0.25) is 0 Å². The number of sulfonamides is 1. The van der Waals surface area contributed by atoms with E-state index in [-0.39, 0.29) is 5.82 Å². The van der Waals surface area contributed by atoms with Crippen molar-refractivity contribution < 1.29 is 12.8 Å². The molecule has 148 valence electrons. The first-order chi connectivity index (χ1) is 12.8. The predicted molar refractivity (Wildman–Crippen MR) is 108 cm³/mol. The monoisotopic (exact) mass is 412 g/mol. The molecule has 9 heteroatoms. The molecule has 0 spiro atoms. The maximum atomic E-state index is 13.1. The molecule has 0 radical (unpaired) electrons. The van der Waals surface area contributed by atoms with E-state index < -0.39 is 10.0 Å². The number of guanidine groups is 1. The fraction of sp³-hybridized carbons (Fsp3) is 0.389. The molecule has 0 bridgehead atoms. The lowest BCUT2D eigenvalue weighted by Gasteiger charge is -2.18. The van der Waals surface area contributed by atoms with Gasteiger partial charge in [0.1, 0.15) is 10.0 Å². The molecule has 2 rings (SSSR count). The molecule has 0 aliphatic heterocycles. The van der Waals surface area contributed by atoms with Crippen molar-refractivity contribution in [2.24, 2.45) is 4.99 Å². The van der Waals surface area contributed by atoms with Gasteiger partial charge in [0.05, 0.1) is 0 Å². The number of halogens is 1. The Bertz CT molecular complexity index is 867. The molecule has 0 amide bonds. The molecule has 2 N–H and O–H groups in total. The maximum absolute atomic E-state index is 13.1. The first-order valence-electron chi connectivity index (χ1n) is 8.54. The zero-order valence-corrected chi connectivity index (χ0v) is 17.3. The largest absolute Gasteiger partial charge is 0.356 e. The highest BCUT2D eigenvalue weighted by Gasteiger charge is 2.21. The minimum absolute atomic E-state index is 0.233. The number of aliphatic imine (C=N–C) groups is 1. The summed E-state index contributed by atoms with van der Waals surface area (Å²) in [4.78, 5) is 4.13. The van der Waals surface area contributed by atoms with Crippen LogP contribution in [0.5, 0.6) is 0 Å². The number of likely N-dealkylation sites (N-methyl/N-ethyl adjacent to an activating group) is 1. The van der Waals surface area contributed by atoms with E-state index in [1.165, 1.54) is 27.8 Å². The minimum atomic E-state index is -3.44. The molecule has 0 fully saturated rings. The van der Waals surface area contributed by atoms with Crippen molar-refractivity contribution in [1.29, 1.82) is 0 Å². The second-order valence-corrected chi connectivity index (χ2v) is 9.22. The summed E-state index contributed by atoms with van der Waals surface area (Å²) in [7, 11) is -0.224. The van der Waals surface area contributed by atoms with Crippen LogP contribution in [0.4, 0.5) is 4.39 Å². The van der Waals surface area contributed by atoms with E-state index in [0.29, 0.717) is 29.8 Å². The lowest BCUT2D eigenvalue weighted by molar-refractivity contribution is 0.471. The lowest BCUT2D eigenvalue weighted by atomic mass is 10.1. The number of benzene rings is 1. The molecule has 1 aromatic heterocycles. The first-order valence-corrected chi connectivity index (χ1v) is 10.9. The van der Waals surface area contributed by atoms with Crippen LogP contribution in [-0.4, -0.2) is 52.4 Å². The van der Waals surface area contributed by atoms with Crippen molar-refractivity contribution >= 4 is 27.3 Å². The van der Waals surface area contributed by atoms with Gasteiger partial charge in [-0.3, -0.25) is 4.99 Å². The van der Waals surface area contributed by atoms with Gasteiger partial charge in [-0.1, -0.05) is 12.1 Å². The van der Waals surface area contributed by atoms with Gasteiger partial charge >= 0.3 is 0 Å². The van der Waals surface area contributed by atoms with Crippen LogP contribution < -0.4 is 10.6 Å². The molecule has 1 heterocycles. The van der Waals surface area contributed by atoms with Gasteiger partial charge < -0.3 is 10.6 Å². The Hall–Kier alpha value is -1.97. The summed E-state index contributed by atoms with van der Waals surface area (Å²) in [6, 6.07) is 8.08. The van der Waals surface area contributed by atoms with Crippen LogP contribution in [0.1, 0.15) is 11.1 Å². The second-order valence-electron chi connectivity index (χ2n) is 6.01. The number of thiophene rings is 1.